The first kappa shape index (κ1) is 26.4. The highest BCUT2D eigenvalue weighted by molar-refractivity contribution is 7.92. The third-order valence-corrected chi connectivity index (χ3v) is 6.49. The van der Waals surface area contributed by atoms with Gasteiger partial charge in [-0.2, -0.15) is 0 Å². The van der Waals surface area contributed by atoms with E-state index in [9.17, 15) is 23.7 Å². The molecule has 0 amide bonds. The van der Waals surface area contributed by atoms with Gasteiger partial charge >= 0.3 is 0 Å². The first-order chi connectivity index (χ1) is 17.7. The van der Waals surface area contributed by atoms with Crippen LogP contribution in [0.4, 0.5) is 5.69 Å². The Morgan fingerprint density at radius 2 is 1.68 bits per heavy atom. The van der Waals surface area contributed by atoms with E-state index in [-0.39, 0.29) is 30.6 Å². The third-order valence-electron chi connectivity index (χ3n) is 5.90. The molecule has 0 aliphatic carbocycles. The van der Waals surface area contributed by atoms with Crippen molar-refractivity contribution >= 4 is 26.5 Å². The standard InChI is InChI=1S/C28H30N2O6S/c1-37(34,35)30-25-16-21(11-14-26(25)32)27(33)17-29-22(18-31)15-19-9-12-23(13-10-19)36-28-8-4-6-20-5-2-3-7-24(20)28/h2-14,16,22,27,29-33H,15,17-18H2,1H3/t22-,27-/m0/s1. The van der Waals surface area contributed by atoms with E-state index < -0.39 is 16.1 Å². The van der Waals surface area contributed by atoms with Gasteiger partial charge < -0.3 is 25.4 Å². The number of nitrogens with one attached hydrogen (secondary N) is 2. The number of aliphatic hydroxyl groups is 2. The number of benzene rings is 4. The number of phenolic OH excluding ortho intramolecular Hbond substituents is 1. The molecule has 0 radical (unpaired) electrons. The van der Waals surface area contributed by atoms with E-state index in [2.05, 4.69) is 10.0 Å². The number of aliphatic hydroxyl groups excluding tert-OH is 2. The summed E-state index contributed by atoms with van der Waals surface area (Å²) in [6, 6.07) is 25.5. The summed E-state index contributed by atoms with van der Waals surface area (Å²) < 4.78 is 31.3. The first-order valence-electron chi connectivity index (χ1n) is 11.8. The number of aromatic hydroxyl groups is 1. The zero-order valence-electron chi connectivity index (χ0n) is 20.3. The smallest absolute Gasteiger partial charge is 0.229 e. The highest BCUT2D eigenvalue weighted by atomic mass is 32.2. The zero-order valence-corrected chi connectivity index (χ0v) is 21.2. The van der Waals surface area contributed by atoms with Crippen molar-refractivity contribution in [1.82, 2.24) is 5.32 Å². The van der Waals surface area contributed by atoms with Gasteiger partial charge in [0.1, 0.15) is 17.2 Å². The number of hydrogen-bond donors (Lipinski definition) is 5. The average Bonchev–Trinajstić information content (AvgIpc) is 2.88. The molecule has 4 aromatic carbocycles. The van der Waals surface area contributed by atoms with Crippen LogP contribution in [-0.2, 0) is 16.4 Å². The minimum absolute atomic E-state index is 0.0106. The highest BCUT2D eigenvalue weighted by Crippen LogP contribution is 2.30. The van der Waals surface area contributed by atoms with Gasteiger partial charge in [-0.25, -0.2) is 8.42 Å². The summed E-state index contributed by atoms with van der Waals surface area (Å²) in [6.45, 7) is -0.0198. The van der Waals surface area contributed by atoms with Crippen molar-refractivity contribution in [2.24, 2.45) is 0 Å². The van der Waals surface area contributed by atoms with Gasteiger partial charge in [0.15, 0.2) is 0 Å². The number of anilines is 1. The van der Waals surface area contributed by atoms with Gasteiger partial charge in [-0.05, 0) is 53.3 Å². The van der Waals surface area contributed by atoms with Gasteiger partial charge in [-0.3, -0.25) is 4.72 Å². The van der Waals surface area contributed by atoms with E-state index in [0.717, 1.165) is 28.3 Å². The van der Waals surface area contributed by atoms with Crippen molar-refractivity contribution in [2.45, 2.75) is 18.6 Å². The molecule has 0 bridgehead atoms. The molecule has 0 aliphatic rings. The molecule has 4 aromatic rings. The quantitative estimate of drug-likeness (QED) is 0.189. The maximum atomic E-state index is 11.5. The molecule has 0 fully saturated rings. The predicted molar refractivity (Wildman–Crippen MR) is 145 cm³/mol. The molecule has 194 valence electrons. The van der Waals surface area contributed by atoms with Crippen LogP contribution in [0.2, 0.25) is 0 Å². The fraction of sp³-hybridized carbons (Fsp3) is 0.214. The van der Waals surface area contributed by atoms with Gasteiger partial charge in [-0.15, -0.1) is 0 Å². The molecule has 0 unspecified atom stereocenters. The summed E-state index contributed by atoms with van der Waals surface area (Å²) in [6.07, 6.45) is 0.519. The second kappa shape index (κ2) is 11.6. The Morgan fingerprint density at radius 1 is 0.946 bits per heavy atom. The SMILES string of the molecule is CS(=O)(=O)Nc1cc([C@@H](O)CN[C@H](CO)Cc2ccc(Oc3cccc4ccccc34)cc2)ccc1O. The van der Waals surface area contributed by atoms with Crippen molar-refractivity contribution in [3.8, 4) is 17.2 Å². The van der Waals surface area contributed by atoms with E-state index in [1.54, 1.807) is 0 Å². The third kappa shape index (κ3) is 7.21. The van der Waals surface area contributed by atoms with Crippen LogP contribution in [-0.4, -0.2) is 49.2 Å². The number of rotatable bonds is 11. The normalized spacial score (nSPS) is 13.3. The van der Waals surface area contributed by atoms with E-state index in [0.29, 0.717) is 17.7 Å². The van der Waals surface area contributed by atoms with Crippen LogP contribution in [0.25, 0.3) is 10.8 Å². The Labute approximate surface area is 216 Å². The van der Waals surface area contributed by atoms with Crippen LogP contribution < -0.4 is 14.8 Å². The lowest BCUT2D eigenvalue weighted by atomic mass is 10.0. The van der Waals surface area contributed by atoms with Gasteiger partial charge in [0.05, 0.1) is 24.7 Å². The van der Waals surface area contributed by atoms with E-state index in [1.165, 1.54) is 18.2 Å². The predicted octanol–water partition coefficient (Wildman–Crippen LogP) is 3.94. The number of ether oxygens (including phenoxy) is 1. The zero-order chi connectivity index (χ0) is 26.4. The molecule has 0 aromatic heterocycles. The van der Waals surface area contributed by atoms with Crippen LogP contribution in [0.1, 0.15) is 17.2 Å². The van der Waals surface area contributed by atoms with Crippen LogP contribution >= 0.6 is 0 Å². The molecular formula is C28H30N2O6S. The molecule has 37 heavy (non-hydrogen) atoms. The van der Waals surface area contributed by atoms with Crippen LogP contribution in [0.5, 0.6) is 17.2 Å². The summed E-state index contributed by atoms with van der Waals surface area (Å²) >= 11 is 0. The van der Waals surface area contributed by atoms with Crippen LogP contribution in [0.15, 0.2) is 84.9 Å². The molecular weight excluding hydrogens is 492 g/mol. The van der Waals surface area contributed by atoms with Gasteiger partial charge in [0, 0.05) is 18.0 Å². The van der Waals surface area contributed by atoms with E-state index in [4.69, 9.17) is 4.74 Å². The molecule has 2 atom stereocenters. The average molecular weight is 523 g/mol. The molecule has 8 nitrogen and oxygen atoms in total. The molecule has 4 rings (SSSR count). The van der Waals surface area contributed by atoms with Crippen molar-refractivity contribution in [3.63, 3.8) is 0 Å². The van der Waals surface area contributed by atoms with Crippen LogP contribution in [0.3, 0.4) is 0 Å². The fourth-order valence-corrected chi connectivity index (χ4v) is 4.59. The highest BCUT2D eigenvalue weighted by Gasteiger charge is 2.16. The topological polar surface area (TPSA) is 128 Å². The minimum atomic E-state index is -3.59. The lowest BCUT2D eigenvalue weighted by molar-refractivity contribution is 0.158. The Balaban J connectivity index is 1.35. The first-order valence-corrected chi connectivity index (χ1v) is 13.7. The lowest BCUT2D eigenvalue weighted by Gasteiger charge is -2.20. The second-order valence-electron chi connectivity index (χ2n) is 8.88. The molecule has 5 N–H and O–H groups in total. The number of sulfonamides is 1. The summed E-state index contributed by atoms with van der Waals surface area (Å²) in [5.74, 6) is 1.24. The summed E-state index contributed by atoms with van der Waals surface area (Å²) in [4.78, 5) is 0. The van der Waals surface area contributed by atoms with E-state index >= 15 is 0 Å². The van der Waals surface area contributed by atoms with E-state index in [1.807, 2.05) is 66.7 Å². The summed E-state index contributed by atoms with van der Waals surface area (Å²) in [7, 11) is -3.59. The van der Waals surface area contributed by atoms with Gasteiger partial charge in [0.25, 0.3) is 0 Å². The molecule has 0 spiro atoms. The maximum Gasteiger partial charge on any atom is 0.229 e. The number of hydrogen-bond acceptors (Lipinski definition) is 7. The van der Waals surface area contributed by atoms with Crippen molar-refractivity contribution in [3.05, 3.63) is 96.1 Å². The Kier molecular flexibility index (Phi) is 8.30. The Morgan fingerprint density at radius 3 is 2.41 bits per heavy atom. The lowest BCUT2D eigenvalue weighted by Crippen LogP contribution is -2.37. The number of fused-ring (bicyclic) bond motifs is 1. The van der Waals surface area contributed by atoms with Crippen molar-refractivity contribution in [2.75, 3.05) is 24.1 Å². The minimum Gasteiger partial charge on any atom is -0.506 e. The number of phenols is 1. The molecule has 0 saturated carbocycles. The second-order valence-corrected chi connectivity index (χ2v) is 10.6. The van der Waals surface area contributed by atoms with Crippen molar-refractivity contribution < 1.29 is 28.5 Å². The maximum absolute atomic E-state index is 11.5. The largest absolute Gasteiger partial charge is 0.506 e. The summed E-state index contributed by atoms with van der Waals surface area (Å²) in [5.41, 5.74) is 1.39. The Hall–Kier alpha value is -3.63. The fourth-order valence-electron chi connectivity index (χ4n) is 4.03. The molecule has 0 heterocycles. The molecule has 0 saturated heterocycles. The van der Waals surface area contributed by atoms with Crippen molar-refractivity contribution in [1.29, 1.82) is 0 Å². The Bertz CT molecular complexity index is 1450. The molecule has 0 aliphatic heterocycles. The molecule has 9 heteroatoms. The monoisotopic (exact) mass is 522 g/mol. The van der Waals surface area contributed by atoms with Crippen LogP contribution in [0, 0.1) is 0 Å². The van der Waals surface area contributed by atoms with Gasteiger partial charge in [0.2, 0.25) is 10.0 Å². The van der Waals surface area contributed by atoms with Gasteiger partial charge in [-0.1, -0.05) is 54.6 Å². The summed E-state index contributed by atoms with van der Waals surface area (Å²) in [5, 5.41) is 35.6.